The first-order valence-electron chi connectivity index (χ1n) is 13.5. The quantitative estimate of drug-likeness (QED) is 0.548. The summed E-state index contributed by atoms with van der Waals surface area (Å²) in [6.07, 6.45) is 12.1. The number of piperidine rings is 1. The van der Waals surface area contributed by atoms with E-state index in [0.29, 0.717) is 5.91 Å². The first-order valence-corrected chi connectivity index (χ1v) is 13.5. The zero-order valence-electron chi connectivity index (χ0n) is 20.9. The van der Waals surface area contributed by atoms with Crippen molar-refractivity contribution in [3.05, 3.63) is 48.5 Å². The predicted molar refractivity (Wildman–Crippen MR) is 138 cm³/mol. The molecule has 1 aromatic carbocycles. The molecule has 0 radical (unpaired) electrons. The zero-order chi connectivity index (χ0) is 24.5. The van der Waals surface area contributed by atoms with Crippen molar-refractivity contribution in [2.45, 2.75) is 51.0 Å². The normalized spacial score (nSPS) is 20.8. The number of rotatable bonds is 4. The van der Waals surface area contributed by atoms with Crippen LogP contribution in [0.25, 0.3) is 16.8 Å². The Hall–Kier alpha value is -3.00. The molecular formula is C28H35FN6O. The van der Waals surface area contributed by atoms with E-state index in [1.54, 1.807) is 18.3 Å². The highest BCUT2D eigenvalue weighted by Crippen LogP contribution is 2.30. The smallest absolute Gasteiger partial charge is 0.225 e. The van der Waals surface area contributed by atoms with Crippen molar-refractivity contribution in [3.8, 4) is 11.3 Å². The summed E-state index contributed by atoms with van der Waals surface area (Å²) in [6.45, 7) is 5.42. The fraction of sp³-hybridized carbons (Fsp3) is 0.536. The molecule has 2 aliphatic heterocycles. The van der Waals surface area contributed by atoms with Gasteiger partial charge in [-0.3, -0.25) is 9.69 Å². The number of halogens is 1. The second-order valence-corrected chi connectivity index (χ2v) is 10.5. The monoisotopic (exact) mass is 490 g/mol. The third-order valence-electron chi connectivity index (χ3n) is 8.37. The van der Waals surface area contributed by atoms with Crippen LogP contribution in [0.4, 0.5) is 10.2 Å². The third-order valence-corrected chi connectivity index (χ3v) is 8.37. The highest BCUT2D eigenvalue weighted by atomic mass is 19.1. The maximum Gasteiger partial charge on any atom is 0.225 e. The van der Waals surface area contributed by atoms with Crippen molar-refractivity contribution in [1.82, 2.24) is 24.4 Å². The largest absolute Gasteiger partial charge is 0.355 e. The van der Waals surface area contributed by atoms with Gasteiger partial charge < -0.3 is 9.80 Å². The van der Waals surface area contributed by atoms with Crippen LogP contribution in [0.15, 0.2) is 42.7 Å². The van der Waals surface area contributed by atoms with Gasteiger partial charge in [0.15, 0.2) is 5.82 Å². The van der Waals surface area contributed by atoms with Crippen molar-refractivity contribution in [3.63, 3.8) is 0 Å². The number of carbonyl (C=O) groups is 1. The summed E-state index contributed by atoms with van der Waals surface area (Å²) in [4.78, 5) is 25.0. The summed E-state index contributed by atoms with van der Waals surface area (Å²) in [5.41, 5.74) is 2.60. The molecule has 6 rings (SSSR count). The fourth-order valence-corrected chi connectivity index (χ4v) is 6.26. The predicted octanol–water partition coefficient (Wildman–Crippen LogP) is 4.23. The highest BCUT2D eigenvalue weighted by Gasteiger charge is 2.33. The second kappa shape index (κ2) is 10.2. The summed E-state index contributed by atoms with van der Waals surface area (Å²) < 4.78 is 15.2. The van der Waals surface area contributed by atoms with Gasteiger partial charge in [-0.05, 0) is 56.0 Å². The van der Waals surface area contributed by atoms with E-state index < -0.39 is 0 Å². The third kappa shape index (κ3) is 4.71. The second-order valence-electron chi connectivity index (χ2n) is 10.5. The van der Waals surface area contributed by atoms with E-state index in [1.165, 1.54) is 44.2 Å². The molecule has 190 valence electrons. The van der Waals surface area contributed by atoms with Crippen LogP contribution in [0, 0.1) is 11.7 Å². The number of anilines is 1. The van der Waals surface area contributed by atoms with E-state index in [4.69, 9.17) is 0 Å². The molecule has 1 amide bonds. The Kier molecular flexibility index (Phi) is 6.61. The Morgan fingerprint density at radius 3 is 2.33 bits per heavy atom. The number of amides is 1. The number of aromatic nitrogens is 3. The van der Waals surface area contributed by atoms with Crippen LogP contribution in [0.2, 0.25) is 0 Å². The minimum absolute atomic E-state index is 0.0990. The highest BCUT2D eigenvalue weighted by molar-refractivity contribution is 5.80. The number of hydrogen-bond acceptors (Lipinski definition) is 5. The van der Waals surface area contributed by atoms with Crippen LogP contribution in [-0.2, 0) is 4.79 Å². The lowest BCUT2D eigenvalue weighted by molar-refractivity contribution is -0.138. The van der Waals surface area contributed by atoms with E-state index in [1.807, 2.05) is 16.8 Å². The van der Waals surface area contributed by atoms with Crippen LogP contribution in [-0.4, -0.2) is 75.6 Å². The number of carbonyl (C=O) groups excluding carboxylic acids is 1. The molecule has 0 atom stereocenters. The molecular weight excluding hydrogens is 455 g/mol. The molecule has 7 nitrogen and oxygen atoms in total. The number of fused-ring (bicyclic) bond motifs is 1. The van der Waals surface area contributed by atoms with Crippen LogP contribution in [0.3, 0.4) is 0 Å². The zero-order valence-corrected chi connectivity index (χ0v) is 20.9. The van der Waals surface area contributed by atoms with Crippen molar-refractivity contribution < 1.29 is 9.18 Å². The lowest BCUT2D eigenvalue weighted by atomic mass is 9.93. The average molecular weight is 491 g/mol. The summed E-state index contributed by atoms with van der Waals surface area (Å²) in [5.74, 6) is 1.08. The molecule has 8 heteroatoms. The molecule has 1 aliphatic carbocycles. The fourth-order valence-electron chi connectivity index (χ4n) is 6.26. The molecule has 2 saturated heterocycles. The Labute approximate surface area is 211 Å². The molecule has 3 aliphatic rings. The molecule has 3 fully saturated rings. The van der Waals surface area contributed by atoms with Crippen LogP contribution in [0.5, 0.6) is 0 Å². The SMILES string of the molecule is O=C(C1CCN(c2nccn3nc(-c4ccc(F)cc4)cc23)CC1)N1CCN(C2CCCCC2)CC1. The molecule has 1 saturated carbocycles. The van der Waals surface area contributed by atoms with Gasteiger partial charge in [0.1, 0.15) is 11.3 Å². The van der Waals surface area contributed by atoms with E-state index in [2.05, 4.69) is 24.8 Å². The molecule has 0 N–H and O–H groups in total. The van der Waals surface area contributed by atoms with Crippen molar-refractivity contribution in [1.29, 1.82) is 0 Å². The molecule has 4 heterocycles. The van der Waals surface area contributed by atoms with Crippen molar-refractivity contribution in [2.75, 3.05) is 44.2 Å². The van der Waals surface area contributed by atoms with Gasteiger partial charge in [0, 0.05) is 69.2 Å². The summed E-state index contributed by atoms with van der Waals surface area (Å²) in [6, 6.07) is 9.15. The van der Waals surface area contributed by atoms with Gasteiger partial charge in [-0.15, -0.1) is 0 Å². The van der Waals surface area contributed by atoms with E-state index in [0.717, 1.165) is 80.7 Å². The number of piperazine rings is 1. The first kappa shape index (κ1) is 23.4. The first-order chi connectivity index (χ1) is 17.7. The number of benzene rings is 1. The summed E-state index contributed by atoms with van der Waals surface area (Å²) in [7, 11) is 0. The number of nitrogens with zero attached hydrogens (tertiary/aromatic N) is 6. The Morgan fingerprint density at radius 2 is 1.61 bits per heavy atom. The lowest BCUT2D eigenvalue weighted by Crippen LogP contribution is -2.54. The summed E-state index contributed by atoms with van der Waals surface area (Å²) in [5, 5.41) is 4.68. The molecule has 2 aromatic heterocycles. The Morgan fingerprint density at radius 1 is 0.889 bits per heavy atom. The Balaban J connectivity index is 1.08. The van der Waals surface area contributed by atoms with Gasteiger partial charge in [-0.25, -0.2) is 13.9 Å². The lowest BCUT2D eigenvalue weighted by Gasteiger charge is -2.42. The minimum Gasteiger partial charge on any atom is -0.355 e. The van der Waals surface area contributed by atoms with Crippen molar-refractivity contribution >= 4 is 17.2 Å². The van der Waals surface area contributed by atoms with Crippen LogP contribution < -0.4 is 4.90 Å². The maximum absolute atomic E-state index is 13.3. The molecule has 0 unspecified atom stereocenters. The van der Waals surface area contributed by atoms with E-state index >= 15 is 0 Å². The standard InChI is InChI=1S/C28H35FN6O/c29-23-8-6-21(7-9-23)25-20-26-27(30-12-15-35(26)31-25)33-13-10-22(11-14-33)28(36)34-18-16-32(17-19-34)24-4-2-1-3-5-24/h6-9,12,15,20,22,24H,1-5,10-11,13-14,16-19H2. The topological polar surface area (TPSA) is 57.0 Å². The Bertz CT molecular complexity index is 1190. The molecule has 36 heavy (non-hydrogen) atoms. The molecule has 0 bridgehead atoms. The van der Waals surface area contributed by atoms with E-state index in [-0.39, 0.29) is 11.7 Å². The van der Waals surface area contributed by atoms with Gasteiger partial charge in [-0.2, -0.15) is 5.10 Å². The minimum atomic E-state index is -0.256. The van der Waals surface area contributed by atoms with Crippen molar-refractivity contribution in [2.24, 2.45) is 5.92 Å². The van der Waals surface area contributed by atoms with Crippen LogP contribution in [0.1, 0.15) is 44.9 Å². The number of hydrogen-bond donors (Lipinski definition) is 0. The van der Waals surface area contributed by atoms with Crippen LogP contribution >= 0.6 is 0 Å². The van der Waals surface area contributed by atoms with Gasteiger partial charge in [0.2, 0.25) is 5.91 Å². The van der Waals surface area contributed by atoms with E-state index in [9.17, 15) is 9.18 Å². The summed E-state index contributed by atoms with van der Waals surface area (Å²) >= 11 is 0. The average Bonchev–Trinajstić information content (AvgIpc) is 3.38. The molecule has 3 aromatic rings. The van der Waals surface area contributed by atoms with Gasteiger partial charge >= 0.3 is 0 Å². The van der Waals surface area contributed by atoms with Gasteiger partial charge in [-0.1, -0.05) is 19.3 Å². The van der Waals surface area contributed by atoms with Gasteiger partial charge in [0.25, 0.3) is 0 Å². The maximum atomic E-state index is 13.3. The molecule has 0 spiro atoms. The van der Waals surface area contributed by atoms with Gasteiger partial charge in [0.05, 0.1) is 5.69 Å².